The van der Waals surface area contributed by atoms with Gasteiger partial charge < -0.3 is 10.6 Å². The number of nitrogens with two attached hydrogens (primary N) is 1. The minimum absolute atomic E-state index is 0.0500. The summed E-state index contributed by atoms with van der Waals surface area (Å²) in [7, 11) is -3.46. The maximum absolute atomic E-state index is 13.0. The van der Waals surface area contributed by atoms with E-state index in [1.807, 2.05) is 13.0 Å². The first-order valence-corrected chi connectivity index (χ1v) is 12.8. The molecule has 0 bridgehead atoms. The number of benzene rings is 2. The largest absolute Gasteiger partial charge is 0.485 e. The average Bonchev–Trinajstić information content (AvgIpc) is 3.09. The summed E-state index contributed by atoms with van der Waals surface area (Å²) in [6.45, 7) is 6.39. The van der Waals surface area contributed by atoms with Gasteiger partial charge in [0.25, 0.3) is 0 Å². The maximum atomic E-state index is 13.0. The van der Waals surface area contributed by atoms with E-state index >= 15 is 0 Å². The molecule has 2 aromatic carbocycles. The van der Waals surface area contributed by atoms with Crippen molar-refractivity contribution in [3.8, 4) is 5.75 Å². The Kier molecular flexibility index (Phi) is 7.78. The molecule has 1 aromatic heterocycles. The Hall–Kier alpha value is -2.59. The number of sulfone groups is 1. The normalized spacial score (nSPS) is 11.8. The molecule has 3 rings (SSSR count). The van der Waals surface area contributed by atoms with Crippen molar-refractivity contribution in [1.82, 2.24) is 14.9 Å². The van der Waals surface area contributed by atoms with E-state index in [0.29, 0.717) is 29.1 Å². The van der Waals surface area contributed by atoms with Gasteiger partial charge in [-0.05, 0) is 60.7 Å². The Morgan fingerprint density at radius 2 is 1.88 bits per heavy atom. The van der Waals surface area contributed by atoms with Crippen LogP contribution in [0.5, 0.6) is 5.75 Å². The van der Waals surface area contributed by atoms with Crippen molar-refractivity contribution >= 4 is 21.6 Å². The molecule has 0 aliphatic rings. The van der Waals surface area contributed by atoms with Gasteiger partial charge in [0.1, 0.15) is 18.2 Å². The summed E-state index contributed by atoms with van der Waals surface area (Å²) in [5, 5.41) is 8.67. The summed E-state index contributed by atoms with van der Waals surface area (Å²) in [6, 6.07) is 10.9. The molecule has 1 heterocycles. The summed E-state index contributed by atoms with van der Waals surface area (Å²) >= 11 is 1.32. The molecule has 0 radical (unpaired) electrons. The molecular formula is C22H27FN4O3S2. The molecular weight excluding hydrogens is 451 g/mol. The molecule has 0 unspecified atom stereocenters. The first-order chi connectivity index (χ1) is 15.2. The lowest BCUT2D eigenvalue weighted by Gasteiger charge is -2.14. The van der Waals surface area contributed by atoms with Gasteiger partial charge in [0.2, 0.25) is 5.16 Å². The Morgan fingerprint density at radius 3 is 2.56 bits per heavy atom. The number of ether oxygens (including phenoxy) is 1. The number of rotatable bonds is 10. The lowest BCUT2D eigenvalue weighted by molar-refractivity contribution is 0.287. The van der Waals surface area contributed by atoms with Crippen LogP contribution in [-0.4, -0.2) is 34.8 Å². The van der Waals surface area contributed by atoms with E-state index in [2.05, 4.69) is 36.2 Å². The molecule has 0 atom stereocenters. The second-order valence-electron chi connectivity index (χ2n) is 7.73. The molecule has 0 aliphatic carbocycles. The van der Waals surface area contributed by atoms with Crippen LogP contribution >= 0.6 is 11.8 Å². The molecule has 0 saturated heterocycles. The lowest BCUT2D eigenvalue weighted by Crippen LogP contribution is -2.16. The Labute approximate surface area is 192 Å². The highest BCUT2D eigenvalue weighted by Crippen LogP contribution is 2.28. The highest BCUT2D eigenvalue weighted by atomic mass is 32.2. The van der Waals surface area contributed by atoms with E-state index in [0.717, 1.165) is 29.0 Å². The molecule has 7 nitrogen and oxygen atoms in total. The van der Waals surface area contributed by atoms with E-state index < -0.39 is 15.7 Å². The van der Waals surface area contributed by atoms with Crippen molar-refractivity contribution < 1.29 is 17.5 Å². The molecule has 0 amide bonds. The fourth-order valence-electron chi connectivity index (χ4n) is 3.06. The van der Waals surface area contributed by atoms with Gasteiger partial charge in [-0.25, -0.2) is 17.5 Å². The van der Waals surface area contributed by atoms with Gasteiger partial charge in [-0.1, -0.05) is 37.7 Å². The summed E-state index contributed by atoms with van der Waals surface area (Å²) < 4.78 is 45.0. The standard InChI is InChI=1S/C22H27FN4O3S2/c1-15(2)19-10-5-16(3)13-20(19)30-14-21-25-26-22(27(21)24)31-11-4-12-32(28,29)18-8-6-17(23)7-9-18/h5-10,13,15H,4,11-12,14,24H2,1-3H3. The number of nitrogen functional groups attached to an aromatic ring is 1. The van der Waals surface area contributed by atoms with Gasteiger partial charge >= 0.3 is 0 Å². The zero-order valence-corrected chi connectivity index (χ0v) is 19.9. The van der Waals surface area contributed by atoms with E-state index in [1.165, 1.54) is 28.6 Å². The zero-order chi connectivity index (χ0) is 23.3. The molecule has 0 aliphatic heterocycles. The lowest BCUT2D eigenvalue weighted by atomic mass is 10.0. The van der Waals surface area contributed by atoms with E-state index in [4.69, 9.17) is 10.6 Å². The molecule has 0 spiro atoms. The number of hydrogen-bond acceptors (Lipinski definition) is 7. The van der Waals surface area contributed by atoms with Crippen LogP contribution in [0.25, 0.3) is 0 Å². The van der Waals surface area contributed by atoms with Crippen molar-refractivity contribution in [3.63, 3.8) is 0 Å². The van der Waals surface area contributed by atoms with Crippen LogP contribution in [0, 0.1) is 12.7 Å². The molecule has 3 aromatic rings. The summed E-state index contributed by atoms with van der Waals surface area (Å²) in [6.07, 6.45) is 0.393. The maximum Gasteiger partial charge on any atom is 0.209 e. The topological polar surface area (TPSA) is 100 Å². The summed E-state index contributed by atoms with van der Waals surface area (Å²) in [5.41, 5.74) is 2.21. The van der Waals surface area contributed by atoms with Crippen molar-refractivity contribution in [2.24, 2.45) is 0 Å². The highest BCUT2D eigenvalue weighted by molar-refractivity contribution is 7.99. The fraction of sp³-hybridized carbons (Fsp3) is 0.364. The smallest absolute Gasteiger partial charge is 0.209 e. The highest BCUT2D eigenvalue weighted by Gasteiger charge is 2.16. The number of aryl methyl sites for hydroxylation is 1. The second-order valence-corrected chi connectivity index (χ2v) is 10.9. The summed E-state index contributed by atoms with van der Waals surface area (Å²) in [4.78, 5) is 0.113. The Balaban J connectivity index is 1.54. The predicted octanol–water partition coefficient (Wildman–Crippen LogP) is 4.10. The first-order valence-electron chi connectivity index (χ1n) is 10.2. The third-order valence-corrected chi connectivity index (χ3v) is 7.69. The second kappa shape index (κ2) is 10.4. The predicted molar refractivity (Wildman–Crippen MR) is 124 cm³/mol. The van der Waals surface area contributed by atoms with Crippen LogP contribution in [0.2, 0.25) is 0 Å². The van der Waals surface area contributed by atoms with Crippen molar-refractivity contribution in [2.75, 3.05) is 17.3 Å². The van der Waals surface area contributed by atoms with Crippen LogP contribution < -0.4 is 10.6 Å². The SMILES string of the molecule is Cc1ccc(C(C)C)c(OCc2nnc(SCCCS(=O)(=O)c3ccc(F)cc3)n2N)c1. The van der Waals surface area contributed by atoms with Crippen LogP contribution in [0.15, 0.2) is 52.5 Å². The van der Waals surface area contributed by atoms with Crippen molar-refractivity contribution in [2.45, 2.75) is 49.8 Å². The molecule has 32 heavy (non-hydrogen) atoms. The van der Waals surface area contributed by atoms with E-state index in [-0.39, 0.29) is 17.3 Å². The van der Waals surface area contributed by atoms with Gasteiger partial charge in [0.05, 0.1) is 10.6 Å². The molecule has 2 N–H and O–H groups in total. The zero-order valence-electron chi connectivity index (χ0n) is 18.3. The van der Waals surface area contributed by atoms with E-state index in [1.54, 1.807) is 0 Å². The van der Waals surface area contributed by atoms with Crippen LogP contribution in [0.4, 0.5) is 4.39 Å². The molecule has 0 fully saturated rings. The number of halogens is 1. The number of thioether (sulfide) groups is 1. The quantitative estimate of drug-likeness (QED) is 0.203. The minimum atomic E-state index is -3.46. The average molecular weight is 479 g/mol. The minimum Gasteiger partial charge on any atom is -0.485 e. The van der Waals surface area contributed by atoms with Crippen LogP contribution in [-0.2, 0) is 16.4 Å². The third kappa shape index (κ3) is 6.01. The van der Waals surface area contributed by atoms with Gasteiger partial charge in [-0.15, -0.1) is 10.2 Å². The van der Waals surface area contributed by atoms with E-state index in [9.17, 15) is 12.8 Å². The fourth-order valence-corrected chi connectivity index (χ4v) is 5.37. The van der Waals surface area contributed by atoms with Crippen molar-refractivity contribution in [1.29, 1.82) is 0 Å². The Morgan fingerprint density at radius 1 is 1.16 bits per heavy atom. The molecule has 10 heteroatoms. The van der Waals surface area contributed by atoms with Crippen molar-refractivity contribution in [3.05, 3.63) is 65.2 Å². The van der Waals surface area contributed by atoms with Gasteiger partial charge in [0, 0.05) is 5.75 Å². The molecule has 172 valence electrons. The number of hydrogen-bond donors (Lipinski definition) is 1. The van der Waals surface area contributed by atoms with Crippen LogP contribution in [0.1, 0.15) is 43.1 Å². The molecule has 0 saturated carbocycles. The van der Waals surface area contributed by atoms with Gasteiger partial charge in [0.15, 0.2) is 15.7 Å². The Bertz CT molecular complexity index is 1160. The third-order valence-electron chi connectivity index (χ3n) is 4.84. The first kappa shape index (κ1) is 24.1. The van der Waals surface area contributed by atoms with Crippen LogP contribution in [0.3, 0.4) is 0 Å². The number of aromatic nitrogens is 3. The number of nitrogens with zero attached hydrogens (tertiary/aromatic N) is 3. The van der Waals surface area contributed by atoms with Gasteiger partial charge in [-0.3, -0.25) is 0 Å². The van der Waals surface area contributed by atoms with Gasteiger partial charge in [-0.2, -0.15) is 0 Å². The summed E-state index contributed by atoms with van der Waals surface area (Å²) in [5.74, 6) is 7.67. The monoisotopic (exact) mass is 478 g/mol.